The van der Waals surface area contributed by atoms with E-state index in [0.29, 0.717) is 6.42 Å². The minimum Gasteiger partial charge on any atom is -0.472 e. The van der Waals surface area contributed by atoms with Crippen molar-refractivity contribution >= 4 is 11.1 Å². The van der Waals surface area contributed by atoms with Crippen molar-refractivity contribution in [3.63, 3.8) is 0 Å². The van der Waals surface area contributed by atoms with Gasteiger partial charge in [0, 0.05) is 18.0 Å². The molecule has 1 aromatic carbocycles. The zero-order valence-corrected chi connectivity index (χ0v) is 10.1. The van der Waals surface area contributed by atoms with Crippen molar-refractivity contribution in [1.82, 2.24) is 10.3 Å². The normalized spacial score (nSPS) is 12.9. The molecule has 1 N–H and O–H groups in total. The standard InChI is InChI=1S/C14H14N2O2/c1-15-12(10-6-7-17-9-10)8-14-16-11-4-2-3-5-13(11)18-14/h2-7,9,12,15H,8H2,1H3. The Hall–Kier alpha value is -2.07. The summed E-state index contributed by atoms with van der Waals surface area (Å²) < 4.78 is 10.8. The summed E-state index contributed by atoms with van der Waals surface area (Å²) in [6, 6.07) is 9.89. The van der Waals surface area contributed by atoms with Gasteiger partial charge < -0.3 is 14.2 Å². The molecule has 0 fully saturated rings. The van der Waals surface area contributed by atoms with Gasteiger partial charge in [-0.1, -0.05) is 12.1 Å². The maximum Gasteiger partial charge on any atom is 0.197 e. The predicted molar refractivity (Wildman–Crippen MR) is 68.2 cm³/mol. The first-order valence-electron chi connectivity index (χ1n) is 5.90. The number of benzene rings is 1. The molecule has 4 nitrogen and oxygen atoms in total. The third-order valence-electron chi connectivity index (χ3n) is 3.01. The summed E-state index contributed by atoms with van der Waals surface area (Å²) in [5, 5.41) is 3.24. The molecule has 2 heterocycles. The van der Waals surface area contributed by atoms with Crippen LogP contribution in [0, 0.1) is 0 Å². The first-order valence-corrected chi connectivity index (χ1v) is 5.90. The van der Waals surface area contributed by atoms with E-state index in [4.69, 9.17) is 8.83 Å². The first kappa shape index (κ1) is 11.0. The Balaban J connectivity index is 1.86. The van der Waals surface area contributed by atoms with Gasteiger partial charge in [-0.15, -0.1) is 0 Å². The smallest absolute Gasteiger partial charge is 0.197 e. The predicted octanol–water partition coefficient (Wildman–Crippen LogP) is 2.92. The van der Waals surface area contributed by atoms with E-state index >= 15 is 0 Å². The maximum absolute atomic E-state index is 5.72. The molecule has 0 aliphatic carbocycles. The van der Waals surface area contributed by atoms with E-state index < -0.39 is 0 Å². The van der Waals surface area contributed by atoms with E-state index in [1.807, 2.05) is 37.4 Å². The van der Waals surface area contributed by atoms with Crippen molar-refractivity contribution in [2.45, 2.75) is 12.5 Å². The number of aromatic nitrogens is 1. The van der Waals surface area contributed by atoms with Crippen LogP contribution in [0.4, 0.5) is 0 Å². The number of furan rings is 1. The second-order valence-corrected chi connectivity index (χ2v) is 4.18. The molecule has 0 spiro atoms. The highest BCUT2D eigenvalue weighted by molar-refractivity contribution is 5.72. The molecule has 0 aliphatic rings. The Morgan fingerprint density at radius 2 is 2.17 bits per heavy atom. The lowest BCUT2D eigenvalue weighted by molar-refractivity contribution is 0.469. The third kappa shape index (κ3) is 2.02. The van der Waals surface area contributed by atoms with Crippen molar-refractivity contribution in [2.24, 2.45) is 0 Å². The number of nitrogens with one attached hydrogen (secondary N) is 1. The molecule has 0 radical (unpaired) electrons. The van der Waals surface area contributed by atoms with Crippen LogP contribution in [0.25, 0.3) is 11.1 Å². The van der Waals surface area contributed by atoms with Crippen LogP contribution in [0.5, 0.6) is 0 Å². The Labute approximate surface area is 105 Å². The molecular weight excluding hydrogens is 228 g/mol. The first-order chi connectivity index (χ1) is 8.86. The van der Waals surface area contributed by atoms with Crippen LogP contribution in [-0.4, -0.2) is 12.0 Å². The van der Waals surface area contributed by atoms with Gasteiger partial charge in [0.25, 0.3) is 0 Å². The van der Waals surface area contributed by atoms with Crippen LogP contribution < -0.4 is 5.32 Å². The molecule has 4 heteroatoms. The lowest BCUT2D eigenvalue weighted by Gasteiger charge is -2.11. The van der Waals surface area contributed by atoms with Crippen molar-refractivity contribution < 1.29 is 8.83 Å². The van der Waals surface area contributed by atoms with Crippen LogP contribution in [0.2, 0.25) is 0 Å². The van der Waals surface area contributed by atoms with Crippen LogP contribution in [0.15, 0.2) is 51.7 Å². The number of fused-ring (bicyclic) bond motifs is 1. The highest BCUT2D eigenvalue weighted by Crippen LogP contribution is 2.21. The Kier molecular flexibility index (Phi) is 2.86. The van der Waals surface area contributed by atoms with E-state index in [2.05, 4.69) is 10.3 Å². The molecule has 0 aliphatic heterocycles. The van der Waals surface area contributed by atoms with Crippen molar-refractivity contribution in [3.05, 3.63) is 54.3 Å². The molecule has 18 heavy (non-hydrogen) atoms. The molecular formula is C14H14N2O2. The van der Waals surface area contributed by atoms with Crippen LogP contribution >= 0.6 is 0 Å². The SMILES string of the molecule is CNC(Cc1nc2ccccc2o1)c1ccoc1. The Morgan fingerprint density at radius 1 is 1.28 bits per heavy atom. The average Bonchev–Trinajstić information content (AvgIpc) is 3.04. The summed E-state index contributed by atoms with van der Waals surface area (Å²) in [5.74, 6) is 0.733. The largest absolute Gasteiger partial charge is 0.472 e. The number of likely N-dealkylation sites (N-methyl/N-ethyl adjacent to an activating group) is 1. The lowest BCUT2D eigenvalue weighted by atomic mass is 10.1. The molecule has 1 unspecified atom stereocenters. The third-order valence-corrected chi connectivity index (χ3v) is 3.01. The quantitative estimate of drug-likeness (QED) is 0.764. The van der Waals surface area contributed by atoms with Crippen LogP contribution in [0.3, 0.4) is 0 Å². The van der Waals surface area contributed by atoms with Gasteiger partial charge in [-0.3, -0.25) is 0 Å². The fourth-order valence-corrected chi connectivity index (χ4v) is 2.04. The molecule has 0 saturated carbocycles. The summed E-state index contributed by atoms with van der Waals surface area (Å²) in [6.45, 7) is 0. The molecule has 0 saturated heterocycles. The fraction of sp³-hybridized carbons (Fsp3) is 0.214. The Morgan fingerprint density at radius 3 is 2.89 bits per heavy atom. The molecule has 3 rings (SSSR count). The fourth-order valence-electron chi connectivity index (χ4n) is 2.04. The van der Waals surface area contributed by atoms with Gasteiger partial charge in [0.2, 0.25) is 0 Å². The number of para-hydroxylation sites is 2. The van der Waals surface area contributed by atoms with E-state index in [0.717, 1.165) is 22.6 Å². The number of hydrogen-bond donors (Lipinski definition) is 1. The second-order valence-electron chi connectivity index (χ2n) is 4.18. The van der Waals surface area contributed by atoms with Gasteiger partial charge in [-0.25, -0.2) is 4.98 Å². The topological polar surface area (TPSA) is 51.2 Å². The molecule has 92 valence electrons. The molecule has 3 aromatic rings. The minimum absolute atomic E-state index is 0.150. The lowest BCUT2D eigenvalue weighted by Crippen LogP contribution is -2.18. The molecule has 0 bridgehead atoms. The number of nitrogens with zero attached hydrogens (tertiary/aromatic N) is 1. The number of rotatable bonds is 4. The van der Waals surface area contributed by atoms with E-state index in [1.165, 1.54) is 0 Å². The molecule has 0 amide bonds. The van der Waals surface area contributed by atoms with E-state index in [-0.39, 0.29) is 6.04 Å². The summed E-state index contributed by atoms with van der Waals surface area (Å²) >= 11 is 0. The highest BCUT2D eigenvalue weighted by Gasteiger charge is 2.15. The van der Waals surface area contributed by atoms with Gasteiger partial charge >= 0.3 is 0 Å². The van der Waals surface area contributed by atoms with Crippen molar-refractivity contribution in [2.75, 3.05) is 7.05 Å². The zero-order chi connectivity index (χ0) is 12.4. The summed E-state index contributed by atoms with van der Waals surface area (Å²) in [7, 11) is 1.92. The van der Waals surface area contributed by atoms with Gasteiger partial charge in [0.05, 0.1) is 12.5 Å². The highest BCUT2D eigenvalue weighted by atomic mass is 16.3. The maximum atomic E-state index is 5.72. The summed E-state index contributed by atoms with van der Waals surface area (Å²) in [6.07, 6.45) is 4.11. The molecule has 1 atom stereocenters. The summed E-state index contributed by atoms with van der Waals surface area (Å²) in [4.78, 5) is 4.47. The monoisotopic (exact) mass is 242 g/mol. The average molecular weight is 242 g/mol. The minimum atomic E-state index is 0.150. The zero-order valence-electron chi connectivity index (χ0n) is 10.1. The Bertz CT molecular complexity index is 595. The van der Waals surface area contributed by atoms with Crippen molar-refractivity contribution in [1.29, 1.82) is 0 Å². The van der Waals surface area contributed by atoms with E-state index in [9.17, 15) is 0 Å². The number of oxazole rings is 1. The van der Waals surface area contributed by atoms with Crippen LogP contribution in [0.1, 0.15) is 17.5 Å². The van der Waals surface area contributed by atoms with Gasteiger partial charge in [0.1, 0.15) is 5.52 Å². The second kappa shape index (κ2) is 4.66. The van der Waals surface area contributed by atoms with Crippen LogP contribution in [-0.2, 0) is 6.42 Å². The van der Waals surface area contributed by atoms with E-state index in [1.54, 1.807) is 12.5 Å². The summed E-state index contributed by atoms with van der Waals surface area (Å²) in [5.41, 5.74) is 2.82. The van der Waals surface area contributed by atoms with Gasteiger partial charge in [-0.05, 0) is 25.2 Å². The van der Waals surface area contributed by atoms with Gasteiger partial charge in [0.15, 0.2) is 11.5 Å². The molecule has 2 aromatic heterocycles. The van der Waals surface area contributed by atoms with Crippen molar-refractivity contribution in [3.8, 4) is 0 Å². The number of hydrogen-bond acceptors (Lipinski definition) is 4. The van der Waals surface area contributed by atoms with Gasteiger partial charge in [-0.2, -0.15) is 0 Å².